The molecule has 778 valence electrons. The molecule has 0 aromatic heterocycles. The van der Waals surface area contributed by atoms with Crippen molar-refractivity contribution in [2.75, 3.05) is 72.3 Å². The highest BCUT2D eigenvalue weighted by molar-refractivity contribution is 7.80. The molecule has 0 aromatic rings. The third-order valence-corrected chi connectivity index (χ3v) is 25.5. The number of aliphatic hydroxyl groups is 13. The average molecular weight is 2010 g/mol. The minimum absolute atomic E-state index is 0.142. The van der Waals surface area contributed by atoms with Crippen LogP contribution in [0.5, 0.6) is 0 Å². The molecule has 15 aliphatic heterocycles. The number of hydrogen-bond acceptors (Lipinski definition) is 44. The average Bonchev–Trinajstić information content (AvgIpc) is 1.56. The number of ether oxygens (including phenoxy) is 9. The summed E-state index contributed by atoms with van der Waals surface area (Å²) in [6.07, 6.45) is -1.87. The summed E-state index contributed by atoms with van der Waals surface area (Å²) in [5.74, 6) is 3.48. The molecule has 0 unspecified atom stereocenters. The lowest BCUT2D eigenvalue weighted by atomic mass is 9.85. The van der Waals surface area contributed by atoms with Crippen LogP contribution < -0.4 is 40.1 Å². The van der Waals surface area contributed by atoms with Gasteiger partial charge in [-0.05, 0) is 86.0 Å². The topological polar surface area (TPSA) is 637 Å². The molecular formula is C89H130F7N21O22S. The van der Waals surface area contributed by atoms with Gasteiger partial charge in [0.05, 0.1) is 59.5 Å². The number of aliphatic imine (C=N–C) groups is 7. The van der Waals surface area contributed by atoms with Crippen LogP contribution in [0.1, 0.15) is 66.7 Å². The van der Waals surface area contributed by atoms with Gasteiger partial charge in [0.1, 0.15) is 164 Å². The van der Waals surface area contributed by atoms with Gasteiger partial charge in [0, 0.05) is 50.5 Å². The zero-order chi connectivity index (χ0) is 104. The SMILES string of the molecule is C=C1N=C(N)C=CN1[C@@H]1O[C@@](CO)(C(=C)C)[C@@H](O)[C@H]1F.C=C1N=C(N)C=CN1[C@@H]1O[C@@](CO)(C(C)C)[C@@H](O)[C@H]1F.C=C1N=C(N)C=CN1[C@@H]1O[C@@](CO)(CCCC)[C@@H](O)[C@H]1F.C=C1N=C(N)C=CN1[C@@H]1O[C@@](CO)(CCS)[C@@H](O)[C@H]1F.C=C1N=C(N)C=CN1[C@@H]1O[C@@](CO)(COC)[C@@H](O)[C@H]1F.C=C1N=C(N)C=CN1[C@@H]1O[C@@]2(CO)CO[C@H]2[C@H]1F.C=C1N=C(N)C=CN1[C@@H]1O[C@](/C=C/CC)(CO)[C@@H](O)[C@H]1F. The molecule has 15 rings (SSSR count). The smallest absolute Gasteiger partial charge is 0.174 e. The summed E-state index contributed by atoms with van der Waals surface area (Å²) in [6.45, 7) is 35.0. The fourth-order valence-corrected chi connectivity index (χ4v) is 17.2. The van der Waals surface area contributed by atoms with Gasteiger partial charge in [-0.2, -0.15) is 12.6 Å². The van der Waals surface area contributed by atoms with Crippen LogP contribution in [-0.4, -0.2) is 383 Å². The van der Waals surface area contributed by atoms with Crippen molar-refractivity contribution in [3.63, 3.8) is 0 Å². The minimum atomic E-state index is -1.76. The molecule has 27 N–H and O–H groups in total. The third-order valence-electron chi connectivity index (χ3n) is 25.2. The van der Waals surface area contributed by atoms with Gasteiger partial charge in [0.25, 0.3) is 0 Å². The number of unbranched alkanes of at least 4 members (excludes halogenated alkanes) is 1. The van der Waals surface area contributed by atoms with E-state index >= 15 is 0 Å². The predicted octanol–water partition coefficient (Wildman–Crippen LogP) is -0.594. The van der Waals surface area contributed by atoms with Crippen LogP contribution >= 0.6 is 12.6 Å². The van der Waals surface area contributed by atoms with Crippen LogP contribution in [0, 0.1) is 5.92 Å². The van der Waals surface area contributed by atoms with Gasteiger partial charge in [0.2, 0.25) is 0 Å². The van der Waals surface area contributed by atoms with Crippen molar-refractivity contribution in [2.24, 2.45) is 81.0 Å². The van der Waals surface area contributed by atoms with E-state index in [1.807, 2.05) is 13.8 Å². The number of alkyl halides is 7. The summed E-state index contributed by atoms with van der Waals surface area (Å²) < 4.78 is 150. The molecule has 0 amide bonds. The van der Waals surface area contributed by atoms with Gasteiger partial charge < -0.3 is 183 Å². The number of amidine groups is 7. The first-order valence-electron chi connectivity index (χ1n) is 44.1. The fraction of sp³-hybridized carbons (Fsp3) is 0.562. The quantitative estimate of drug-likeness (QED) is 0.0308. The van der Waals surface area contributed by atoms with E-state index in [9.17, 15) is 97.1 Å². The standard InChI is InChI=1S/C14H22FN3O3.C14H20FN3O3.C13H20FN3O3.C13H18FN3O3.C12H18FN3O4.C12H18FN3O3S.C11H14FN3O3/c2*1-3-4-6-14(8-19)12(20)11(15)13(21-14)18-7-5-10(16)17-9(18)2;2*1-7(2)13(6-18)11(19)10(14)12(20-13)17-5-4-9(15)16-8(17)3;1-7-15-8(14)3-4-16(7)11-9(13)10(18)12(5-17,20-11)6-19-2;1-7-15-8(14)2-4-16(7)11-9(13)10(18)12(6-17,19-11)3-5-20;1-6-14-7(13)2-3-15(6)10-8(12)9-11(4-16,18-10)5-17-9/h5,7,11-13,19-20H,2-4,6,8H2,1H3,(H2,16,17);4-7,11-13,19-20H,2-3,8H2,1H3,(H2,16,17);4-5,7,10-12,18-19H,3,6H2,1-2H3,(H2,15,16);4-5,10-12,18-19H,1,3,6H2,2H3,(H2,15,16);3-4,9-11,17-18H,1,5-6H2,2H3,(H2,14,15);2,4,9-11,17-18,20H,1,3,5-6H2,(H2,14,15);2-3,8-10,16H,1,4-5H2,(H2,13,14)/b;6-4+;;;;;/t2*11-,12+,13-,14-;2*10-,11+,12-,13+;9-,10+,11-,12+;9-,10+,11-,12-;8-,9+,10-,11+/m1111111/s1. The third kappa shape index (κ3) is 23.0. The monoisotopic (exact) mass is 2010 g/mol. The Balaban J connectivity index is 0.000000183. The Hall–Kier alpha value is -10.3. The number of methoxy groups -OCH3 is 1. The van der Waals surface area contributed by atoms with E-state index in [0.717, 1.165) is 12.8 Å². The highest BCUT2D eigenvalue weighted by Crippen LogP contribution is 2.49. The molecule has 0 spiro atoms. The Kier molecular flexibility index (Phi) is 38.3. The van der Waals surface area contributed by atoms with Crippen LogP contribution in [0.3, 0.4) is 0 Å². The molecule has 8 saturated heterocycles. The van der Waals surface area contributed by atoms with E-state index in [1.54, 1.807) is 33.0 Å². The lowest BCUT2D eigenvalue weighted by molar-refractivity contribution is -0.245. The van der Waals surface area contributed by atoms with E-state index in [1.165, 1.54) is 127 Å². The van der Waals surface area contributed by atoms with Crippen molar-refractivity contribution in [2.45, 2.75) is 235 Å². The molecule has 43 nitrogen and oxygen atoms in total. The Morgan fingerprint density at radius 2 is 0.743 bits per heavy atom. The van der Waals surface area contributed by atoms with Crippen molar-refractivity contribution in [3.05, 3.63) is 197 Å². The lowest BCUT2D eigenvalue weighted by Crippen LogP contribution is -2.60. The maximum absolute atomic E-state index is 14.5. The molecule has 15 aliphatic rings. The Morgan fingerprint density at radius 3 is 1.01 bits per heavy atom. The first-order valence-corrected chi connectivity index (χ1v) is 44.8. The second kappa shape index (κ2) is 47.3. The largest absolute Gasteiger partial charge is 0.393 e. The van der Waals surface area contributed by atoms with Crippen molar-refractivity contribution in [1.82, 2.24) is 34.3 Å². The van der Waals surface area contributed by atoms with Crippen molar-refractivity contribution in [3.8, 4) is 0 Å². The van der Waals surface area contributed by atoms with Gasteiger partial charge >= 0.3 is 0 Å². The number of fused-ring (bicyclic) bond motifs is 1. The molecule has 0 aromatic carbocycles. The first-order chi connectivity index (χ1) is 66.0. The number of thiol groups is 1. The molecule has 0 aliphatic carbocycles. The molecular weight excluding hydrogens is 1880 g/mol. The maximum atomic E-state index is 14.5. The zero-order valence-electron chi connectivity index (χ0n) is 78.1. The second-order valence-corrected chi connectivity index (χ2v) is 35.2. The first kappa shape index (κ1) is 113. The lowest BCUT2D eigenvalue weighted by Gasteiger charge is -2.41. The summed E-state index contributed by atoms with van der Waals surface area (Å²) in [5, 5.41) is 127. The Bertz CT molecular complexity index is 4900. The van der Waals surface area contributed by atoms with Crippen LogP contribution in [-0.2, 0) is 42.6 Å². The van der Waals surface area contributed by atoms with Gasteiger partial charge in [-0.15, -0.1) is 0 Å². The van der Waals surface area contributed by atoms with Crippen molar-refractivity contribution < 1.29 is 140 Å². The summed E-state index contributed by atoms with van der Waals surface area (Å²) in [6, 6.07) is 0. The second-order valence-electron chi connectivity index (χ2n) is 34.7. The number of allylic oxidation sites excluding steroid dienone is 1. The summed E-state index contributed by atoms with van der Waals surface area (Å²) in [4.78, 5) is 37.1. The fourth-order valence-electron chi connectivity index (χ4n) is 16.9. The molecule has 28 atom stereocenters. The summed E-state index contributed by atoms with van der Waals surface area (Å²) in [7, 11) is 1.37. The van der Waals surface area contributed by atoms with E-state index in [0.29, 0.717) is 35.8 Å². The maximum Gasteiger partial charge on any atom is 0.174 e. The molecule has 8 fully saturated rings. The molecule has 140 heavy (non-hydrogen) atoms. The van der Waals surface area contributed by atoms with Crippen molar-refractivity contribution >= 4 is 53.5 Å². The molecule has 15 heterocycles. The van der Waals surface area contributed by atoms with Crippen LogP contribution in [0.2, 0.25) is 0 Å². The number of aliphatic hydroxyl groups excluding tert-OH is 13. The van der Waals surface area contributed by atoms with Gasteiger partial charge in [-0.3, -0.25) is 0 Å². The van der Waals surface area contributed by atoms with Crippen LogP contribution in [0.15, 0.2) is 232 Å². The van der Waals surface area contributed by atoms with Gasteiger partial charge in [-0.1, -0.05) is 105 Å². The van der Waals surface area contributed by atoms with Crippen LogP contribution in [0.4, 0.5) is 30.7 Å². The molecule has 0 bridgehead atoms. The zero-order valence-corrected chi connectivity index (χ0v) is 79.0. The number of hydrogen-bond donors (Lipinski definition) is 21. The number of nitrogens with two attached hydrogens (primary N) is 7. The normalized spacial score (nSPS) is 37.8. The van der Waals surface area contributed by atoms with E-state index in [4.69, 9.17) is 82.8 Å². The summed E-state index contributed by atoms with van der Waals surface area (Å²) in [5.41, 5.74) is 29.5. The van der Waals surface area contributed by atoms with Crippen molar-refractivity contribution in [1.29, 1.82) is 0 Å². The van der Waals surface area contributed by atoms with E-state index in [-0.39, 0.29) is 102 Å². The van der Waals surface area contributed by atoms with E-state index in [2.05, 4.69) is 100 Å². The number of nitrogens with zero attached hydrogens (tertiary/aromatic N) is 14. The van der Waals surface area contributed by atoms with Crippen LogP contribution in [0.25, 0.3) is 0 Å². The number of halogens is 7. The summed E-state index contributed by atoms with van der Waals surface area (Å²) >= 11 is 4.05. The van der Waals surface area contributed by atoms with E-state index < -0.39 is 208 Å². The molecule has 0 saturated carbocycles. The Morgan fingerprint density at radius 1 is 0.429 bits per heavy atom. The highest BCUT2D eigenvalue weighted by Gasteiger charge is 2.66. The highest BCUT2D eigenvalue weighted by atomic mass is 32.1. The Labute approximate surface area is 809 Å². The number of rotatable bonds is 25. The van der Waals surface area contributed by atoms with Gasteiger partial charge in [0.15, 0.2) is 86.8 Å². The minimum Gasteiger partial charge on any atom is -0.393 e. The molecule has 0 radical (unpaired) electrons. The predicted molar refractivity (Wildman–Crippen MR) is 504 cm³/mol. The molecule has 51 heteroatoms. The van der Waals surface area contributed by atoms with Gasteiger partial charge in [-0.25, -0.2) is 65.7 Å².